The lowest BCUT2D eigenvalue weighted by Crippen LogP contribution is -2.44. The number of Topliss-reactive ketones (excluding diaryl/α,β-unsaturated/α-hetero) is 2. The molecule has 1 saturated heterocycles. The molecule has 0 saturated carbocycles. The van der Waals surface area contributed by atoms with Crippen molar-refractivity contribution in [1.29, 1.82) is 0 Å². The van der Waals surface area contributed by atoms with Crippen LogP contribution in [0.2, 0.25) is 0 Å². The van der Waals surface area contributed by atoms with Gasteiger partial charge in [-0.2, -0.15) is 47.9 Å². The Kier molecular flexibility index (Phi) is 13.0. The first-order chi connectivity index (χ1) is 25.5. The lowest BCUT2D eigenvalue weighted by molar-refractivity contribution is -0.127. The van der Waals surface area contributed by atoms with Gasteiger partial charge in [-0.15, -0.1) is 22.7 Å². The van der Waals surface area contributed by atoms with Crippen molar-refractivity contribution < 1.29 is 76.0 Å². The number of pyridine rings is 2. The lowest BCUT2D eigenvalue weighted by atomic mass is 10.1. The number of rotatable bonds is 8. The van der Waals surface area contributed by atoms with Gasteiger partial charge in [0, 0.05) is 48.1 Å². The van der Waals surface area contributed by atoms with Crippen molar-refractivity contribution >= 4 is 70.9 Å². The van der Waals surface area contributed by atoms with Gasteiger partial charge in [-0.25, -0.2) is 14.8 Å². The molecule has 0 aliphatic carbocycles. The van der Waals surface area contributed by atoms with Gasteiger partial charge in [0.25, 0.3) is 0 Å². The largest absolute Gasteiger partial charge is 0.534 e. The number of alkyl halides is 9. The molecular weight excluding hydrogens is 834 g/mol. The molecule has 0 bridgehead atoms. The zero-order chi connectivity index (χ0) is 42.2. The van der Waals surface area contributed by atoms with E-state index < -0.39 is 75.0 Å². The maximum absolute atomic E-state index is 12.8. The van der Waals surface area contributed by atoms with E-state index in [1.54, 1.807) is 25.7 Å². The van der Waals surface area contributed by atoms with Gasteiger partial charge in [-0.3, -0.25) is 9.59 Å². The summed E-state index contributed by atoms with van der Waals surface area (Å²) in [6.07, 6.45) is -8.93. The number of amides is 1. The molecule has 0 aromatic carbocycles. The van der Waals surface area contributed by atoms with Crippen molar-refractivity contribution in [2.75, 3.05) is 13.1 Å². The summed E-state index contributed by atoms with van der Waals surface area (Å²) in [5.41, 5.74) is -6.73. The number of carbonyl (C=O) groups excluding carboxylic acids is 3. The Morgan fingerprint density at radius 1 is 0.768 bits per heavy atom. The molecule has 11 nitrogen and oxygen atoms in total. The molecule has 0 unspecified atom stereocenters. The average Bonchev–Trinajstić information content (AvgIpc) is 3.61. The third kappa shape index (κ3) is 11.6. The summed E-state index contributed by atoms with van der Waals surface area (Å²) in [6.45, 7) is 8.52. The molecule has 1 fully saturated rings. The van der Waals surface area contributed by atoms with Crippen LogP contribution in [0.5, 0.6) is 11.5 Å². The molecule has 5 heterocycles. The first kappa shape index (κ1) is 44.5. The van der Waals surface area contributed by atoms with E-state index in [0.29, 0.717) is 47.5 Å². The molecule has 56 heavy (non-hydrogen) atoms. The standard InChI is InChI=1S/C21H25F3N2O4S.C12H7F6NO4S2/c1-12(27)16-11-25-18-15(9-14(31-18)10-21(22,23)24)17(16)29-13-5-7-26(8-6-13)19(28)30-20(2,3)4;1-5(20)8-4-19-10-7(2-6(24-10)3-11(13,14)15)9(8)23-25(21,22)12(16,17)18/h9,11,13H,5-8,10H2,1-4H3;2,4H,3H2,1H3. The van der Waals surface area contributed by atoms with Crippen LogP contribution in [0, 0.1) is 0 Å². The van der Waals surface area contributed by atoms with E-state index in [2.05, 4.69) is 14.2 Å². The fourth-order valence-corrected chi connectivity index (χ4v) is 7.68. The molecule has 5 rings (SSSR count). The highest BCUT2D eigenvalue weighted by atomic mass is 32.2. The predicted octanol–water partition coefficient (Wildman–Crippen LogP) is 9.21. The van der Waals surface area contributed by atoms with Crippen LogP contribution in [0.25, 0.3) is 20.4 Å². The zero-order valence-corrected chi connectivity index (χ0v) is 32.3. The van der Waals surface area contributed by atoms with E-state index in [0.717, 1.165) is 30.5 Å². The van der Waals surface area contributed by atoms with E-state index in [1.165, 1.54) is 19.2 Å². The zero-order valence-electron chi connectivity index (χ0n) is 29.9. The number of halogens is 9. The Morgan fingerprint density at radius 2 is 1.20 bits per heavy atom. The smallest absolute Gasteiger partial charge is 0.489 e. The first-order valence-corrected chi connectivity index (χ1v) is 19.2. The third-order valence-corrected chi connectivity index (χ3v) is 10.5. The Labute approximate surface area is 320 Å². The fraction of sp³-hybridized carbons (Fsp3) is 0.485. The Bertz CT molecular complexity index is 2220. The van der Waals surface area contributed by atoms with Gasteiger partial charge in [0.1, 0.15) is 27.1 Å². The van der Waals surface area contributed by atoms with Gasteiger partial charge >= 0.3 is 34.1 Å². The van der Waals surface area contributed by atoms with Crippen molar-refractivity contribution in [3.63, 3.8) is 0 Å². The van der Waals surface area contributed by atoms with Crippen molar-refractivity contribution in [1.82, 2.24) is 14.9 Å². The van der Waals surface area contributed by atoms with Crippen LogP contribution in [0.15, 0.2) is 24.5 Å². The summed E-state index contributed by atoms with van der Waals surface area (Å²) in [5, 5.41) is -0.0173. The highest BCUT2D eigenvalue weighted by Gasteiger charge is 2.49. The number of likely N-dealkylation sites (tertiary alicyclic amines) is 1. The number of piperidine rings is 1. The topological polar surface area (TPSA) is 142 Å². The second-order valence-electron chi connectivity index (χ2n) is 13.3. The van der Waals surface area contributed by atoms with Crippen molar-refractivity contribution in [2.45, 2.75) is 89.9 Å². The molecule has 0 atom stereocenters. The molecule has 1 aliphatic heterocycles. The average molecular weight is 866 g/mol. The number of hydrogen-bond donors (Lipinski definition) is 0. The number of hydrogen-bond acceptors (Lipinski definition) is 12. The maximum Gasteiger partial charge on any atom is 0.534 e. The van der Waals surface area contributed by atoms with Gasteiger partial charge in [-0.05, 0) is 46.8 Å². The third-order valence-electron chi connectivity index (χ3n) is 7.49. The lowest BCUT2D eigenvalue weighted by Gasteiger charge is -2.33. The van der Waals surface area contributed by atoms with Crippen LogP contribution in [0.4, 0.5) is 44.3 Å². The maximum atomic E-state index is 12.8. The summed E-state index contributed by atoms with van der Waals surface area (Å²) in [7, 11) is -6.12. The van der Waals surface area contributed by atoms with Gasteiger partial charge in [0.05, 0.1) is 34.7 Å². The normalized spacial score (nSPS) is 14.7. The predicted molar refractivity (Wildman–Crippen MR) is 186 cm³/mol. The van der Waals surface area contributed by atoms with Crippen LogP contribution in [0.1, 0.15) is 77.9 Å². The van der Waals surface area contributed by atoms with Crippen LogP contribution in [-0.2, 0) is 27.7 Å². The van der Waals surface area contributed by atoms with Gasteiger partial charge in [0.2, 0.25) is 0 Å². The van der Waals surface area contributed by atoms with E-state index in [9.17, 15) is 62.3 Å². The summed E-state index contributed by atoms with van der Waals surface area (Å²) >= 11 is 1.43. The molecule has 0 radical (unpaired) electrons. The molecule has 1 aliphatic rings. The van der Waals surface area contributed by atoms with E-state index >= 15 is 0 Å². The van der Waals surface area contributed by atoms with E-state index in [-0.39, 0.29) is 37.8 Å². The molecular formula is C33H32F9N3O8S3. The minimum Gasteiger partial charge on any atom is -0.489 e. The minimum atomic E-state index is -6.12. The van der Waals surface area contributed by atoms with Crippen molar-refractivity contribution in [3.05, 3.63) is 45.4 Å². The van der Waals surface area contributed by atoms with Crippen molar-refractivity contribution in [2.24, 2.45) is 0 Å². The number of carbonyl (C=O) groups is 3. The SMILES string of the molecule is CC(=O)c1cnc2sc(CC(F)(F)F)cc2c1OC1CCN(C(=O)OC(C)(C)C)CC1.CC(=O)c1cnc2sc(CC(F)(F)F)cc2c1OS(=O)(=O)C(F)(F)F. The number of nitrogens with zero attached hydrogens (tertiary/aromatic N) is 3. The molecule has 23 heteroatoms. The number of ketones is 2. The Hall–Kier alpha value is -4.25. The van der Waals surface area contributed by atoms with E-state index in [4.69, 9.17) is 9.47 Å². The Morgan fingerprint density at radius 3 is 1.59 bits per heavy atom. The highest BCUT2D eigenvalue weighted by Crippen LogP contribution is 2.40. The summed E-state index contributed by atoms with van der Waals surface area (Å²) in [5.74, 6) is -1.89. The molecule has 0 spiro atoms. The van der Waals surface area contributed by atoms with E-state index in [1.807, 2.05) is 0 Å². The van der Waals surface area contributed by atoms with Gasteiger partial charge < -0.3 is 18.6 Å². The van der Waals surface area contributed by atoms with Crippen LogP contribution in [0.3, 0.4) is 0 Å². The molecule has 1 amide bonds. The van der Waals surface area contributed by atoms with Crippen LogP contribution in [-0.4, -0.2) is 83.6 Å². The van der Waals surface area contributed by atoms with Crippen LogP contribution < -0.4 is 8.92 Å². The molecule has 0 N–H and O–H groups in total. The second-order valence-corrected chi connectivity index (χ2v) is 17.1. The highest BCUT2D eigenvalue weighted by molar-refractivity contribution is 7.88. The molecule has 4 aromatic heterocycles. The number of aromatic nitrogens is 2. The summed E-state index contributed by atoms with van der Waals surface area (Å²) in [4.78, 5) is 45.3. The number of fused-ring (bicyclic) bond motifs is 2. The summed E-state index contributed by atoms with van der Waals surface area (Å²) in [6, 6.07) is 2.20. The Balaban J connectivity index is 0.000000255. The van der Waals surface area contributed by atoms with Crippen LogP contribution >= 0.6 is 22.7 Å². The monoisotopic (exact) mass is 865 g/mol. The first-order valence-electron chi connectivity index (χ1n) is 16.2. The summed E-state index contributed by atoms with van der Waals surface area (Å²) < 4.78 is 151. The fourth-order valence-electron chi connectivity index (χ4n) is 5.13. The molecule has 4 aromatic rings. The molecule has 308 valence electrons. The minimum absolute atomic E-state index is 0.111. The number of ether oxygens (including phenoxy) is 2. The van der Waals surface area contributed by atoms with Crippen molar-refractivity contribution in [3.8, 4) is 11.5 Å². The number of thiophene rings is 2. The second kappa shape index (κ2) is 16.3. The quantitative estimate of drug-likeness (QED) is 0.0728. The van der Waals surface area contributed by atoms with Gasteiger partial charge in [0.15, 0.2) is 17.3 Å². The van der Waals surface area contributed by atoms with Gasteiger partial charge in [-0.1, -0.05) is 0 Å².